The van der Waals surface area contributed by atoms with Crippen molar-refractivity contribution in [1.82, 2.24) is 35.4 Å². The zero-order valence-corrected chi connectivity index (χ0v) is 23.1. The van der Waals surface area contributed by atoms with Gasteiger partial charge in [0.2, 0.25) is 11.8 Å². The molecule has 0 radical (unpaired) electrons. The second-order valence-corrected chi connectivity index (χ2v) is 10.7. The van der Waals surface area contributed by atoms with E-state index in [1.54, 1.807) is 19.5 Å². The Kier molecular flexibility index (Phi) is 9.29. The van der Waals surface area contributed by atoms with Crippen LogP contribution in [-0.4, -0.2) is 75.9 Å². The first kappa shape index (κ1) is 27.9. The molecule has 0 spiro atoms. The second kappa shape index (κ2) is 12.6. The SMILES string of the molecule is CO[C@H]1CNC[C@@H]1COc1nc(Nc2cnn(CCCCCNC(=O)OC(C)(C)C)c2)nc2[nH]cc(Cl)c12. The van der Waals surface area contributed by atoms with Crippen molar-refractivity contribution in [2.24, 2.45) is 5.92 Å². The van der Waals surface area contributed by atoms with Gasteiger partial charge >= 0.3 is 6.09 Å². The van der Waals surface area contributed by atoms with Crippen molar-refractivity contribution in [1.29, 1.82) is 0 Å². The monoisotopic (exact) mass is 548 g/mol. The Balaban J connectivity index is 1.28. The number of unbranched alkanes of at least 4 members (excludes halogenated alkanes) is 2. The van der Waals surface area contributed by atoms with E-state index < -0.39 is 5.60 Å². The fourth-order valence-corrected chi connectivity index (χ4v) is 4.45. The number of aryl methyl sites for hydroxylation is 1. The van der Waals surface area contributed by atoms with E-state index in [-0.39, 0.29) is 18.1 Å². The normalized spacial score (nSPS) is 17.6. The molecule has 0 bridgehead atoms. The number of anilines is 2. The van der Waals surface area contributed by atoms with Crippen molar-refractivity contribution in [2.45, 2.75) is 58.3 Å². The van der Waals surface area contributed by atoms with Gasteiger partial charge in [-0.3, -0.25) is 4.68 Å². The quantitative estimate of drug-likeness (QED) is 0.248. The Hall–Kier alpha value is -3.09. The molecule has 1 saturated heterocycles. The van der Waals surface area contributed by atoms with Gasteiger partial charge in [-0.05, 0) is 40.0 Å². The second-order valence-electron chi connectivity index (χ2n) is 10.3. The van der Waals surface area contributed by atoms with Crippen molar-refractivity contribution in [3.63, 3.8) is 0 Å². The highest BCUT2D eigenvalue weighted by Gasteiger charge is 2.28. The summed E-state index contributed by atoms with van der Waals surface area (Å²) in [6.07, 6.45) is 7.76. The van der Waals surface area contributed by atoms with Crippen molar-refractivity contribution >= 4 is 40.4 Å². The number of nitrogens with zero attached hydrogens (tertiary/aromatic N) is 4. The van der Waals surface area contributed by atoms with E-state index in [1.165, 1.54) is 0 Å². The number of fused-ring (bicyclic) bond motifs is 1. The van der Waals surface area contributed by atoms with Gasteiger partial charge in [-0.25, -0.2) is 4.79 Å². The summed E-state index contributed by atoms with van der Waals surface area (Å²) >= 11 is 6.38. The van der Waals surface area contributed by atoms with Gasteiger partial charge in [-0.1, -0.05) is 11.6 Å². The average molecular weight is 549 g/mol. The van der Waals surface area contributed by atoms with Crippen LogP contribution in [0.15, 0.2) is 18.6 Å². The molecule has 4 N–H and O–H groups in total. The molecule has 0 unspecified atom stereocenters. The smallest absolute Gasteiger partial charge is 0.407 e. The zero-order chi connectivity index (χ0) is 27.1. The number of methoxy groups -OCH3 is 1. The van der Waals surface area contributed by atoms with E-state index in [9.17, 15) is 4.79 Å². The summed E-state index contributed by atoms with van der Waals surface area (Å²) < 4.78 is 18.7. The van der Waals surface area contributed by atoms with Crippen molar-refractivity contribution < 1.29 is 19.0 Å². The standard InChI is InChI=1S/C25H37ClN8O4/c1-25(2,3)38-24(35)28-8-6-5-7-9-34-14-17(11-30-34)31-23-32-21-20(18(26)12-29-21)22(33-23)37-15-16-10-27-13-19(16)36-4/h11-12,14,16,19,27H,5-10,13,15H2,1-4H3,(H,28,35)(H2,29,31,32,33)/t16-,19+/m1/s1. The number of amides is 1. The number of aromatic nitrogens is 5. The molecule has 38 heavy (non-hydrogen) atoms. The molecule has 3 aromatic rings. The van der Waals surface area contributed by atoms with Gasteiger partial charge in [-0.15, -0.1) is 0 Å². The molecule has 4 rings (SSSR count). The lowest BCUT2D eigenvalue weighted by Gasteiger charge is -2.19. The lowest BCUT2D eigenvalue weighted by Crippen LogP contribution is -2.33. The molecule has 12 nitrogen and oxygen atoms in total. The predicted octanol–water partition coefficient (Wildman–Crippen LogP) is 3.86. The summed E-state index contributed by atoms with van der Waals surface area (Å²) in [6.45, 7) is 8.94. The zero-order valence-electron chi connectivity index (χ0n) is 22.3. The predicted molar refractivity (Wildman–Crippen MR) is 145 cm³/mol. The van der Waals surface area contributed by atoms with Crippen LogP contribution in [0.5, 0.6) is 5.88 Å². The Morgan fingerprint density at radius 3 is 2.87 bits per heavy atom. The first-order chi connectivity index (χ1) is 18.2. The molecular weight excluding hydrogens is 512 g/mol. The fraction of sp³-hybridized carbons (Fsp3) is 0.600. The highest BCUT2D eigenvalue weighted by Crippen LogP contribution is 2.32. The van der Waals surface area contributed by atoms with Crippen LogP contribution in [0.4, 0.5) is 16.4 Å². The van der Waals surface area contributed by atoms with Crippen molar-refractivity contribution in [3.8, 4) is 5.88 Å². The Bertz CT molecular complexity index is 1210. The number of rotatable bonds is 12. The summed E-state index contributed by atoms with van der Waals surface area (Å²) in [5, 5.41) is 14.9. The van der Waals surface area contributed by atoms with Gasteiger partial charge in [0.1, 0.15) is 11.2 Å². The van der Waals surface area contributed by atoms with Crippen LogP contribution in [-0.2, 0) is 16.0 Å². The molecule has 4 heterocycles. The maximum atomic E-state index is 11.7. The van der Waals surface area contributed by atoms with Crippen LogP contribution in [0.3, 0.4) is 0 Å². The third-order valence-corrected chi connectivity index (χ3v) is 6.38. The third-order valence-electron chi connectivity index (χ3n) is 6.09. The summed E-state index contributed by atoms with van der Waals surface area (Å²) in [6, 6.07) is 0. The number of carbonyl (C=O) groups is 1. The number of ether oxygens (including phenoxy) is 3. The molecule has 13 heteroatoms. The van der Waals surface area contributed by atoms with Crippen LogP contribution in [0.1, 0.15) is 40.0 Å². The van der Waals surface area contributed by atoms with Gasteiger partial charge in [-0.2, -0.15) is 15.1 Å². The topological polar surface area (TPSA) is 140 Å². The molecule has 0 aromatic carbocycles. The number of nitrogens with one attached hydrogen (secondary N) is 4. The summed E-state index contributed by atoms with van der Waals surface area (Å²) in [7, 11) is 1.71. The van der Waals surface area contributed by atoms with E-state index >= 15 is 0 Å². The van der Waals surface area contributed by atoms with Gasteiger partial charge in [0.25, 0.3) is 0 Å². The highest BCUT2D eigenvalue weighted by atomic mass is 35.5. The van der Waals surface area contributed by atoms with Crippen molar-refractivity contribution in [3.05, 3.63) is 23.6 Å². The molecule has 1 aliphatic rings. The Morgan fingerprint density at radius 1 is 1.24 bits per heavy atom. The molecule has 1 aliphatic heterocycles. The summed E-state index contributed by atoms with van der Waals surface area (Å²) in [5.74, 6) is 1.01. The molecule has 3 aromatic heterocycles. The van der Waals surface area contributed by atoms with E-state index in [2.05, 4.69) is 36.0 Å². The van der Waals surface area contributed by atoms with E-state index in [1.807, 2.05) is 31.6 Å². The Morgan fingerprint density at radius 2 is 2.08 bits per heavy atom. The number of halogens is 1. The highest BCUT2D eigenvalue weighted by molar-refractivity contribution is 6.35. The van der Waals surface area contributed by atoms with Crippen LogP contribution >= 0.6 is 11.6 Å². The van der Waals surface area contributed by atoms with Crippen LogP contribution in [0.2, 0.25) is 5.02 Å². The lowest BCUT2D eigenvalue weighted by atomic mass is 10.1. The third kappa shape index (κ3) is 7.71. The van der Waals surface area contributed by atoms with Crippen LogP contribution < -0.4 is 20.7 Å². The number of hydrogen-bond donors (Lipinski definition) is 4. The molecule has 208 valence electrons. The van der Waals surface area contributed by atoms with Gasteiger partial charge < -0.3 is 35.1 Å². The molecule has 2 atom stereocenters. The number of carbonyl (C=O) groups excluding carboxylic acids is 1. The van der Waals surface area contributed by atoms with Gasteiger partial charge in [0.15, 0.2) is 0 Å². The van der Waals surface area contributed by atoms with E-state index in [0.717, 1.165) is 44.6 Å². The molecule has 0 saturated carbocycles. The summed E-state index contributed by atoms with van der Waals surface area (Å²) in [4.78, 5) is 23.9. The molecule has 0 aliphatic carbocycles. The molecule has 1 amide bonds. The number of aromatic amines is 1. The minimum absolute atomic E-state index is 0.0960. The fourth-order valence-electron chi connectivity index (χ4n) is 4.22. The maximum Gasteiger partial charge on any atom is 0.407 e. The first-order valence-corrected chi connectivity index (χ1v) is 13.3. The van der Waals surface area contributed by atoms with Crippen LogP contribution in [0, 0.1) is 5.92 Å². The molecular formula is C25H37ClN8O4. The minimum atomic E-state index is -0.489. The maximum absolute atomic E-state index is 11.7. The van der Waals surface area contributed by atoms with Crippen molar-refractivity contribution in [2.75, 3.05) is 38.7 Å². The van der Waals surface area contributed by atoms with Crippen LogP contribution in [0.25, 0.3) is 11.0 Å². The number of hydrogen-bond acceptors (Lipinski definition) is 9. The summed E-state index contributed by atoms with van der Waals surface area (Å²) in [5.41, 5.74) is 0.859. The lowest BCUT2D eigenvalue weighted by molar-refractivity contribution is 0.0526. The largest absolute Gasteiger partial charge is 0.477 e. The van der Waals surface area contributed by atoms with Gasteiger partial charge in [0, 0.05) is 51.6 Å². The average Bonchev–Trinajstić information content (AvgIpc) is 3.59. The molecule has 1 fully saturated rings. The van der Waals surface area contributed by atoms with E-state index in [0.29, 0.717) is 41.0 Å². The first-order valence-electron chi connectivity index (χ1n) is 12.9. The van der Waals surface area contributed by atoms with E-state index in [4.69, 9.17) is 25.8 Å². The number of alkyl carbamates (subject to hydrolysis) is 1. The Labute approximate surface area is 227 Å². The van der Waals surface area contributed by atoms with Gasteiger partial charge in [0.05, 0.1) is 35.0 Å². The minimum Gasteiger partial charge on any atom is -0.477 e. The number of H-pyrrole nitrogens is 1.